The molecule has 7 heteroatoms. The van der Waals surface area contributed by atoms with E-state index in [1.54, 1.807) is 0 Å². The summed E-state index contributed by atoms with van der Waals surface area (Å²) < 4.78 is 11.2. The fourth-order valence-corrected chi connectivity index (χ4v) is 3.13. The summed E-state index contributed by atoms with van der Waals surface area (Å²) in [5, 5.41) is 8.98. The minimum absolute atomic E-state index is 0.239. The predicted molar refractivity (Wildman–Crippen MR) is 60.1 cm³/mol. The van der Waals surface area contributed by atoms with Gasteiger partial charge in [-0.25, -0.2) is 0 Å². The summed E-state index contributed by atoms with van der Waals surface area (Å²) in [7, 11) is -4.49. The lowest BCUT2D eigenvalue weighted by Gasteiger charge is -2.27. The van der Waals surface area contributed by atoms with E-state index in [9.17, 15) is 9.36 Å². The third-order valence-electron chi connectivity index (χ3n) is 2.53. The Labute approximate surface area is 95.0 Å². The number of carboxylic acid groups (broad SMARTS) is 1. The number of carbonyl (C=O) groups is 1. The van der Waals surface area contributed by atoms with E-state index in [1.807, 2.05) is 6.92 Å². The summed E-state index contributed by atoms with van der Waals surface area (Å²) in [6.45, 7) is 3.31. The summed E-state index contributed by atoms with van der Waals surface area (Å²) in [6.07, 6.45) is 1.62. The summed E-state index contributed by atoms with van der Waals surface area (Å²) in [4.78, 5) is 29.3. The van der Waals surface area contributed by atoms with E-state index in [4.69, 9.17) is 20.6 Å². The molecule has 5 N–H and O–H groups in total. The van der Waals surface area contributed by atoms with Gasteiger partial charge in [0.25, 0.3) is 0 Å². The Hall–Kier alpha value is -0.420. The topological polar surface area (TPSA) is 121 Å². The molecule has 3 atom stereocenters. The van der Waals surface area contributed by atoms with Crippen LogP contribution in [0, 0.1) is 5.92 Å². The lowest BCUT2D eigenvalue weighted by atomic mass is 9.95. The highest BCUT2D eigenvalue weighted by atomic mass is 31.2. The zero-order valence-electron chi connectivity index (χ0n) is 9.54. The van der Waals surface area contributed by atoms with Crippen LogP contribution in [0.15, 0.2) is 0 Å². The van der Waals surface area contributed by atoms with Crippen molar-refractivity contribution in [2.75, 3.05) is 0 Å². The van der Waals surface area contributed by atoms with Crippen LogP contribution >= 0.6 is 7.60 Å². The molecule has 0 spiro atoms. The monoisotopic (exact) mass is 253 g/mol. The molecule has 0 aromatic carbocycles. The molecule has 0 aliphatic heterocycles. The largest absolute Gasteiger partial charge is 0.481 e. The molecule has 0 aliphatic carbocycles. The molecule has 0 saturated carbocycles. The van der Waals surface area contributed by atoms with Crippen molar-refractivity contribution in [1.29, 1.82) is 0 Å². The second-order valence-electron chi connectivity index (χ2n) is 4.03. The van der Waals surface area contributed by atoms with Crippen LogP contribution in [-0.4, -0.2) is 32.6 Å². The van der Waals surface area contributed by atoms with Gasteiger partial charge in [-0.1, -0.05) is 19.8 Å². The quantitative estimate of drug-likeness (QED) is 0.497. The number of rotatable bonds is 7. The Kier molecular flexibility index (Phi) is 6.18. The lowest BCUT2D eigenvalue weighted by Crippen LogP contribution is -2.41. The number of unbranched alkanes of at least 4 members (excludes halogenated alkanes) is 1. The molecule has 0 radical (unpaired) electrons. The molecule has 0 fully saturated rings. The standard InChI is InChI=1S/C9H20NO5P/c1-3-4-5-7(9(11)12)8(6(2)10)16(13,14)15/h6-8H,3-5,10H2,1-2H3,(H,11,12)(H2,13,14,15). The molecule has 0 heterocycles. The van der Waals surface area contributed by atoms with Gasteiger partial charge in [0.05, 0.1) is 11.6 Å². The molecule has 0 bridgehead atoms. The summed E-state index contributed by atoms with van der Waals surface area (Å²) >= 11 is 0. The first kappa shape index (κ1) is 15.6. The average molecular weight is 253 g/mol. The van der Waals surface area contributed by atoms with E-state index in [0.717, 1.165) is 6.42 Å². The molecule has 0 aromatic heterocycles. The average Bonchev–Trinajstić information content (AvgIpc) is 2.08. The van der Waals surface area contributed by atoms with E-state index in [0.29, 0.717) is 6.42 Å². The van der Waals surface area contributed by atoms with Gasteiger partial charge in [-0.3, -0.25) is 9.36 Å². The molecule has 3 unspecified atom stereocenters. The van der Waals surface area contributed by atoms with E-state index < -0.39 is 31.2 Å². The van der Waals surface area contributed by atoms with Crippen LogP contribution in [0.5, 0.6) is 0 Å². The second-order valence-corrected chi connectivity index (χ2v) is 5.80. The molecular formula is C9H20NO5P. The Morgan fingerprint density at radius 1 is 1.44 bits per heavy atom. The van der Waals surface area contributed by atoms with Crippen molar-refractivity contribution in [2.24, 2.45) is 11.7 Å². The van der Waals surface area contributed by atoms with Crippen molar-refractivity contribution in [3.8, 4) is 0 Å². The normalized spacial score (nSPS) is 17.8. The Morgan fingerprint density at radius 3 is 2.19 bits per heavy atom. The fourth-order valence-electron chi connectivity index (χ4n) is 1.77. The number of hydrogen-bond donors (Lipinski definition) is 4. The lowest BCUT2D eigenvalue weighted by molar-refractivity contribution is -0.142. The molecule has 16 heavy (non-hydrogen) atoms. The van der Waals surface area contributed by atoms with Crippen LogP contribution < -0.4 is 5.73 Å². The van der Waals surface area contributed by atoms with Gasteiger partial charge in [-0.05, 0) is 13.3 Å². The summed E-state index contributed by atoms with van der Waals surface area (Å²) in [5.41, 5.74) is 4.17. The highest BCUT2D eigenvalue weighted by molar-refractivity contribution is 7.52. The van der Waals surface area contributed by atoms with Crippen LogP contribution in [0.1, 0.15) is 33.1 Å². The number of carboxylic acids is 1. The van der Waals surface area contributed by atoms with Gasteiger partial charge in [0.2, 0.25) is 0 Å². The van der Waals surface area contributed by atoms with Gasteiger partial charge in [-0.15, -0.1) is 0 Å². The first-order valence-electron chi connectivity index (χ1n) is 5.25. The van der Waals surface area contributed by atoms with Gasteiger partial charge in [0.15, 0.2) is 0 Å². The molecule has 0 rings (SSSR count). The molecule has 0 aliphatic rings. The van der Waals surface area contributed by atoms with Gasteiger partial charge in [-0.2, -0.15) is 0 Å². The predicted octanol–water partition coefficient (Wildman–Crippen LogP) is 0.771. The van der Waals surface area contributed by atoms with Crippen LogP contribution in [-0.2, 0) is 9.36 Å². The van der Waals surface area contributed by atoms with E-state index in [2.05, 4.69) is 0 Å². The first-order chi connectivity index (χ1) is 7.21. The fraction of sp³-hybridized carbons (Fsp3) is 0.889. The second kappa shape index (κ2) is 6.35. The maximum atomic E-state index is 11.2. The minimum Gasteiger partial charge on any atom is -0.481 e. The van der Waals surface area contributed by atoms with Gasteiger partial charge in [0.1, 0.15) is 0 Å². The zero-order chi connectivity index (χ0) is 12.9. The van der Waals surface area contributed by atoms with Crippen molar-refractivity contribution in [3.63, 3.8) is 0 Å². The molecule has 6 nitrogen and oxygen atoms in total. The van der Waals surface area contributed by atoms with Gasteiger partial charge < -0.3 is 20.6 Å². The van der Waals surface area contributed by atoms with Crippen LogP contribution in [0.2, 0.25) is 0 Å². The van der Waals surface area contributed by atoms with E-state index >= 15 is 0 Å². The van der Waals surface area contributed by atoms with Gasteiger partial charge in [0, 0.05) is 6.04 Å². The van der Waals surface area contributed by atoms with Crippen LogP contribution in [0.4, 0.5) is 0 Å². The minimum atomic E-state index is -4.49. The van der Waals surface area contributed by atoms with Gasteiger partial charge >= 0.3 is 13.6 Å². The van der Waals surface area contributed by atoms with Crippen molar-refractivity contribution in [1.82, 2.24) is 0 Å². The Balaban J connectivity index is 4.96. The Morgan fingerprint density at radius 2 is 1.94 bits per heavy atom. The third kappa shape index (κ3) is 4.61. The highest BCUT2D eigenvalue weighted by Gasteiger charge is 2.42. The molecule has 0 amide bonds. The van der Waals surface area contributed by atoms with E-state index in [-0.39, 0.29) is 6.42 Å². The van der Waals surface area contributed by atoms with Crippen molar-refractivity contribution in [3.05, 3.63) is 0 Å². The van der Waals surface area contributed by atoms with Crippen molar-refractivity contribution in [2.45, 2.75) is 44.8 Å². The molecule has 96 valence electrons. The van der Waals surface area contributed by atoms with E-state index in [1.165, 1.54) is 6.92 Å². The third-order valence-corrected chi connectivity index (χ3v) is 4.13. The zero-order valence-corrected chi connectivity index (χ0v) is 10.4. The molecule has 0 saturated heterocycles. The smallest absolute Gasteiger partial charge is 0.331 e. The Bertz CT molecular complexity index is 275. The maximum absolute atomic E-state index is 11.2. The number of nitrogens with two attached hydrogens (primary N) is 1. The van der Waals surface area contributed by atoms with Crippen molar-refractivity contribution >= 4 is 13.6 Å². The van der Waals surface area contributed by atoms with Crippen LogP contribution in [0.25, 0.3) is 0 Å². The highest BCUT2D eigenvalue weighted by Crippen LogP contribution is 2.47. The molecular weight excluding hydrogens is 233 g/mol. The maximum Gasteiger partial charge on any atom is 0.331 e. The van der Waals surface area contributed by atoms with Crippen LogP contribution in [0.3, 0.4) is 0 Å². The van der Waals surface area contributed by atoms with Crippen molar-refractivity contribution < 1.29 is 24.3 Å². The SMILES string of the molecule is CCCCC(C(=O)O)C(C(C)N)P(=O)(O)O. The molecule has 0 aromatic rings. The first-order valence-corrected chi connectivity index (χ1v) is 6.93. The number of aliphatic carboxylic acids is 1. The number of hydrogen-bond acceptors (Lipinski definition) is 3. The summed E-state index contributed by atoms with van der Waals surface area (Å²) in [6, 6.07) is -0.848. The summed E-state index contributed by atoms with van der Waals surface area (Å²) in [5.74, 6) is -2.28.